The maximum absolute atomic E-state index is 11.5. The monoisotopic (exact) mass is 313 g/mol. The molecule has 1 atom stereocenters. The van der Waals surface area contributed by atoms with Crippen LogP contribution in [0, 0.1) is 6.92 Å². The number of carbonyl (C=O) groups excluding carboxylic acids is 1. The van der Waals surface area contributed by atoms with Gasteiger partial charge in [-0.05, 0) is 31.0 Å². The van der Waals surface area contributed by atoms with Crippen molar-refractivity contribution < 1.29 is 9.90 Å². The minimum absolute atomic E-state index is 0.167. The van der Waals surface area contributed by atoms with E-state index in [4.69, 9.17) is 5.11 Å². The highest BCUT2D eigenvalue weighted by molar-refractivity contribution is 5.77. The van der Waals surface area contributed by atoms with Gasteiger partial charge in [0.15, 0.2) is 0 Å². The van der Waals surface area contributed by atoms with Gasteiger partial charge in [-0.15, -0.1) is 0 Å². The number of nitrogens with zero attached hydrogens (tertiary/aromatic N) is 4. The highest BCUT2D eigenvalue weighted by atomic mass is 16.3. The molecule has 0 saturated carbocycles. The molecule has 0 spiro atoms. The summed E-state index contributed by atoms with van der Waals surface area (Å²) in [6, 6.07) is 5.71. The van der Waals surface area contributed by atoms with Crippen LogP contribution in [-0.4, -0.2) is 50.6 Å². The van der Waals surface area contributed by atoms with Crippen molar-refractivity contribution >= 4 is 17.7 Å². The zero-order chi connectivity index (χ0) is 16.2. The van der Waals surface area contributed by atoms with Crippen LogP contribution in [0.15, 0.2) is 30.6 Å². The van der Waals surface area contributed by atoms with Gasteiger partial charge in [-0.25, -0.2) is 15.0 Å². The largest absolute Gasteiger partial charge is 0.387 e. The number of anilines is 2. The predicted octanol–water partition coefficient (Wildman–Crippen LogP) is 1.23. The van der Waals surface area contributed by atoms with Gasteiger partial charge < -0.3 is 15.3 Å². The van der Waals surface area contributed by atoms with Crippen molar-refractivity contribution in [1.82, 2.24) is 19.9 Å². The van der Waals surface area contributed by atoms with Gasteiger partial charge in [0.2, 0.25) is 11.9 Å². The quantitative estimate of drug-likeness (QED) is 0.882. The molecule has 0 radical (unpaired) electrons. The van der Waals surface area contributed by atoms with Crippen molar-refractivity contribution in [3.8, 4) is 0 Å². The second kappa shape index (κ2) is 6.70. The van der Waals surface area contributed by atoms with Gasteiger partial charge in [-0.1, -0.05) is 6.07 Å². The van der Waals surface area contributed by atoms with Gasteiger partial charge in [0.05, 0.1) is 5.69 Å². The number of aliphatic hydroxyl groups excluding tert-OH is 1. The Morgan fingerprint density at radius 1 is 1.39 bits per heavy atom. The Bertz CT molecular complexity index is 689. The number of hydrogen-bond donors (Lipinski definition) is 2. The normalized spacial score (nSPS) is 17.3. The first-order chi connectivity index (χ1) is 11.2. The number of aromatic nitrogens is 3. The molecule has 0 unspecified atom stereocenters. The van der Waals surface area contributed by atoms with Crippen molar-refractivity contribution in [1.29, 1.82) is 0 Å². The van der Waals surface area contributed by atoms with E-state index in [1.807, 2.05) is 25.1 Å². The molecule has 1 saturated heterocycles. The summed E-state index contributed by atoms with van der Waals surface area (Å²) in [4.78, 5) is 26.2. The number of aryl methyl sites for hydroxylation is 1. The molecular formula is C16H19N5O2. The molecule has 2 N–H and O–H groups in total. The number of pyridine rings is 1. The maximum atomic E-state index is 11.5. The van der Waals surface area contributed by atoms with Crippen LogP contribution in [0.3, 0.4) is 0 Å². The third kappa shape index (κ3) is 3.62. The summed E-state index contributed by atoms with van der Waals surface area (Å²) < 4.78 is 0. The molecule has 0 bridgehead atoms. The Morgan fingerprint density at radius 2 is 2.26 bits per heavy atom. The summed E-state index contributed by atoms with van der Waals surface area (Å²) in [5.74, 6) is 1.12. The Kier molecular flexibility index (Phi) is 4.47. The second-order valence-corrected chi connectivity index (χ2v) is 5.63. The van der Waals surface area contributed by atoms with Gasteiger partial charge in [0, 0.05) is 31.4 Å². The minimum Gasteiger partial charge on any atom is -0.387 e. The van der Waals surface area contributed by atoms with Crippen LogP contribution in [0.1, 0.15) is 23.6 Å². The van der Waals surface area contributed by atoms with Gasteiger partial charge in [-0.3, -0.25) is 4.79 Å². The summed E-state index contributed by atoms with van der Waals surface area (Å²) in [6.07, 6.45) is 4.32. The molecule has 23 heavy (non-hydrogen) atoms. The summed E-state index contributed by atoms with van der Waals surface area (Å²) in [7, 11) is 0. The van der Waals surface area contributed by atoms with E-state index in [0.29, 0.717) is 24.9 Å². The maximum Gasteiger partial charge on any atom is 0.248 e. The summed E-state index contributed by atoms with van der Waals surface area (Å²) in [5, 5.41) is 12.0. The summed E-state index contributed by atoms with van der Waals surface area (Å²) in [6.45, 7) is 2.77. The fourth-order valence-electron chi connectivity index (χ4n) is 2.64. The number of amides is 1. The molecule has 2 aromatic heterocycles. The third-order valence-corrected chi connectivity index (χ3v) is 3.92. The zero-order valence-electron chi connectivity index (χ0n) is 12.9. The number of likely N-dealkylation sites (tertiary alicyclic amines) is 1. The Balaban J connectivity index is 1.70. The lowest BCUT2D eigenvalue weighted by Gasteiger charge is -2.15. The third-order valence-electron chi connectivity index (χ3n) is 3.92. The van der Waals surface area contributed by atoms with Gasteiger partial charge in [0.1, 0.15) is 12.4 Å². The number of carbonyl (C=O) groups is 1. The van der Waals surface area contributed by atoms with E-state index in [1.54, 1.807) is 17.3 Å². The predicted molar refractivity (Wildman–Crippen MR) is 85.3 cm³/mol. The molecular weight excluding hydrogens is 294 g/mol. The molecule has 3 heterocycles. The van der Waals surface area contributed by atoms with Crippen LogP contribution < -0.4 is 5.32 Å². The van der Waals surface area contributed by atoms with E-state index < -0.39 is 6.61 Å². The molecule has 1 aliphatic heterocycles. The molecule has 2 aromatic rings. The van der Waals surface area contributed by atoms with Crippen LogP contribution in [0.5, 0.6) is 0 Å². The first-order valence-electron chi connectivity index (χ1n) is 7.57. The first-order valence-corrected chi connectivity index (χ1v) is 7.57. The number of nitrogens with one attached hydrogen (secondary N) is 1. The molecule has 7 nitrogen and oxygen atoms in total. The summed E-state index contributed by atoms with van der Waals surface area (Å²) in [5.41, 5.74) is 1.98. The average Bonchev–Trinajstić information content (AvgIpc) is 3.07. The fraction of sp³-hybridized carbons (Fsp3) is 0.375. The van der Waals surface area contributed by atoms with Gasteiger partial charge >= 0.3 is 0 Å². The zero-order valence-corrected chi connectivity index (χ0v) is 12.9. The number of hydrogen-bond acceptors (Lipinski definition) is 6. The number of rotatable bonds is 4. The van der Waals surface area contributed by atoms with Crippen LogP contribution in [0.2, 0.25) is 0 Å². The SMILES string of the molecule is Cc1ccc(Nc2nccc([C@@H]3CCN(C(=O)CO)C3)n2)nc1. The molecule has 1 aliphatic rings. The van der Waals surface area contributed by atoms with Crippen molar-refractivity contribution in [3.05, 3.63) is 41.9 Å². The van der Waals surface area contributed by atoms with E-state index >= 15 is 0 Å². The molecule has 1 amide bonds. The topological polar surface area (TPSA) is 91.2 Å². The highest BCUT2D eigenvalue weighted by Crippen LogP contribution is 2.26. The fourth-order valence-corrected chi connectivity index (χ4v) is 2.64. The number of aliphatic hydroxyl groups is 1. The molecule has 1 fully saturated rings. The molecule has 7 heteroatoms. The lowest BCUT2D eigenvalue weighted by molar-refractivity contribution is -0.133. The lowest BCUT2D eigenvalue weighted by Crippen LogP contribution is -2.30. The van der Waals surface area contributed by atoms with Gasteiger partial charge in [0.25, 0.3) is 0 Å². The van der Waals surface area contributed by atoms with E-state index in [9.17, 15) is 4.79 Å². The first kappa shape index (κ1) is 15.4. The smallest absolute Gasteiger partial charge is 0.248 e. The van der Waals surface area contributed by atoms with Crippen LogP contribution in [-0.2, 0) is 4.79 Å². The van der Waals surface area contributed by atoms with Crippen LogP contribution in [0.25, 0.3) is 0 Å². The highest BCUT2D eigenvalue weighted by Gasteiger charge is 2.27. The van der Waals surface area contributed by atoms with E-state index in [0.717, 1.165) is 17.7 Å². The molecule has 120 valence electrons. The minimum atomic E-state index is -0.442. The lowest BCUT2D eigenvalue weighted by atomic mass is 10.1. The van der Waals surface area contributed by atoms with Gasteiger partial charge in [-0.2, -0.15) is 0 Å². The second-order valence-electron chi connectivity index (χ2n) is 5.63. The van der Waals surface area contributed by atoms with Crippen molar-refractivity contribution in [2.45, 2.75) is 19.3 Å². The van der Waals surface area contributed by atoms with Crippen molar-refractivity contribution in [3.63, 3.8) is 0 Å². The van der Waals surface area contributed by atoms with E-state index in [2.05, 4.69) is 20.3 Å². The van der Waals surface area contributed by atoms with E-state index in [-0.39, 0.29) is 11.8 Å². The Hall–Kier alpha value is -2.54. The standard InChI is InChI=1S/C16H19N5O2/c1-11-2-3-14(18-8-11)20-16-17-6-4-13(19-16)12-5-7-21(9-12)15(23)10-22/h2-4,6,8,12,22H,5,7,9-10H2,1H3,(H,17,18,19,20)/t12-/m1/s1. The summed E-state index contributed by atoms with van der Waals surface area (Å²) >= 11 is 0. The molecule has 0 aliphatic carbocycles. The van der Waals surface area contributed by atoms with Crippen LogP contribution in [0.4, 0.5) is 11.8 Å². The molecule has 0 aromatic carbocycles. The van der Waals surface area contributed by atoms with E-state index in [1.165, 1.54) is 0 Å². The van der Waals surface area contributed by atoms with Crippen molar-refractivity contribution in [2.24, 2.45) is 0 Å². The molecule has 3 rings (SSSR count). The Morgan fingerprint density at radius 3 is 3.00 bits per heavy atom. The van der Waals surface area contributed by atoms with Crippen molar-refractivity contribution in [2.75, 3.05) is 25.0 Å². The average molecular weight is 313 g/mol. The Labute approximate surface area is 134 Å². The van der Waals surface area contributed by atoms with Crippen LogP contribution >= 0.6 is 0 Å².